The zero-order valence-corrected chi connectivity index (χ0v) is 18.0. The van der Waals surface area contributed by atoms with Gasteiger partial charge in [-0.2, -0.15) is 22.8 Å². The molecule has 0 spiro atoms. The number of carbonyl (C=O) groups is 1. The molecule has 0 aliphatic rings. The molecule has 0 saturated heterocycles. The average molecular weight is 461 g/mol. The van der Waals surface area contributed by atoms with Crippen LogP contribution in [-0.4, -0.2) is 32.1 Å². The van der Waals surface area contributed by atoms with Gasteiger partial charge in [-0.15, -0.1) is 0 Å². The summed E-state index contributed by atoms with van der Waals surface area (Å²) in [5, 5.41) is 17.5. The molecule has 5 N–H and O–H groups in total. The number of halogens is 2. The lowest BCUT2D eigenvalue weighted by atomic mass is 10.1. The number of aromatic amines is 2. The van der Waals surface area contributed by atoms with E-state index in [-0.39, 0.29) is 11.7 Å². The molecule has 2 aromatic carbocycles. The number of nitrogens with one attached hydrogen (secondary N) is 3. The Balaban J connectivity index is 0.000000177. The van der Waals surface area contributed by atoms with E-state index < -0.39 is 0 Å². The van der Waals surface area contributed by atoms with Crippen LogP contribution < -0.4 is 11.1 Å². The quantitative estimate of drug-likeness (QED) is 0.278. The highest BCUT2D eigenvalue weighted by atomic mass is 35.5. The topological polar surface area (TPSA) is 112 Å². The molecule has 1 amide bonds. The first-order valence-corrected chi connectivity index (χ1v) is 10.1. The zero-order chi connectivity index (χ0) is 21.5. The van der Waals surface area contributed by atoms with Crippen LogP contribution in [0.5, 0.6) is 0 Å². The molecule has 0 bridgehead atoms. The minimum Gasteiger partial charge on any atom is -0.382 e. The van der Waals surface area contributed by atoms with Crippen molar-refractivity contribution in [1.29, 1.82) is 0 Å². The van der Waals surface area contributed by atoms with Gasteiger partial charge >= 0.3 is 0 Å². The summed E-state index contributed by atoms with van der Waals surface area (Å²) in [4.78, 5) is 11.1. The number of benzene rings is 2. The predicted octanol–water partition coefficient (Wildman–Crippen LogP) is 4.91. The second-order valence-corrected chi connectivity index (χ2v) is 7.28. The third-order valence-corrected chi connectivity index (χ3v) is 4.69. The Kier molecular flexibility index (Phi) is 7.40. The molecule has 154 valence electrons. The van der Waals surface area contributed by atoms with Crippen LogP contribution in [0.2, 0.25) is 10.0 Å². The van der Waals surface area contributed by atoms with Gasteiger partial charge in [0.05, 0.1) is 17.1 Å². The molecule has 30 heavy (non-hydrogen) atoms. The van der Waals surface area contributed by atoms with Crippen LogP contribution >= 0.6 is 35.8 Å². The third kappa shape index (κ3) is 6.03. The van der Waals surface area contributed by atoms with E-state index >= 15 is 0 Å². The first kappa shape index (κ1) is 21.8. The fraction of sp³-hybridized carbons (Fsp3) is 0.0500. The lowest BCUT2D eigenvalue weighted by Gasteiger charge is -1.97. The van der Waals surface area contributed by atoms with Crippen LogP contribution in [0.1, 0.15) is 0 Å². The Morgan fingerprint density at radius 2 is 1.40 bits per heavy atom. The molecule has 0 aliphatic carbocycles. The van der Waals surface area contributed by atoms with Gasteiger partial charge in [-0.25, -0.2) is 0 Å². The molecule has 0 fully saturated rings. The number of hydrogen-bond donors (Lipinski definition) is 5. The molecule has 4 rings (SSSR count). The molecule has 0 saturated carbocycles. The highest BCUT2D eigenvalue weighted by molar-refractivity contribution is 7.81. The standard InChI is InChI=1S/C11H10ClN3OS.C9H8ClN3/c12-8-3-1-7(2-4-8)9-5-10(15-14-9)13-11(16)6-17;10-7-3-1-6(2-4-7)8-5-9(11)13-12-8/h1-5,17H,6H2,(H2,13,14,15,16);1-5H,(H3,11,12,13). The van der Waals surface area contributed by atoms with Gasteiger partial charge < -0.3 is 11.1 Å². The smallest absolute Gasteiger partial charge is 0.235 e. The van der Waals surface area contributed by atoms with Gasteiger partial charge in [0.15, 0.2) is 5.82 Å². The van der Waals surface area contributed by atoms with E-state index in [9.17, 15) is 4.79 Å². The Bertz CT molecular complexity index is 1110. The Morgan fingerprint density at radius 1 is 0.900 bits per heavy atom. The number of anilines is 2. The number of H-pyrrole nitrogens is 2. The molecule has 0 aliphatic heterocycles. The number of nitrogens with two attached hydrogens (primary N) is 1. The van der Waals surface area contributed by atoms with Crippen molar-refractivity contribution in [2.45, 2.75) is 0 Å². The van der Waals surface area contributed by atoms with E-state index in [1.165, 1.54) is 0 Å². The fourth-order valence-corrected chi connectivity index (χ4v) is 2.79. The lowest BCUT2D eigenvalue weighted by Crippen LogP contribution is -2.12. The van der Waals surface area contributed by atoms with Crippen molar-refractivity contribution in [1.82, 2.24) is 20.4 Å². The van der Waals surface area contributed by atoms with Crippen molar-refractivity contribution in [3.63, 3.8) is 0 Å². The lowest BCUT2D eigenvalue weighted by molar-refractivity contribution is -0.113. The molecule has 0 unspecified atom stereocenters. The number of carbonyl (C=O) groups excluding carboxylic acids is 1. The van der Waals surface area contributed by atoms with Gasteiger partial charge in [0.1, 0.15) is 5.82 Å². The van der Waals surface area contributed by atoms with Crippen molar-refractivity contribution in [2.24, 2.45) is 0 Å². The zero-order valence-electron chi connectivity index (χ0n) is 15.6. The number of nitrogen functional groups attached to an aromatic ring is 1. The first-order valence-electron chi connectivity index (χ1n) is 8.73. The van der Waals surface area contributed by atoms with Crippen molar-refractivity contribution >= 4 is 53.4 Å². The number of rotatable bonds is 4. The van der Waals surface area contributed by atoms with Crippen LogP contribution in [0.3, 0.4) is 0 Å². The van der Waals surface area contributed by atoms with Crippen molar-refractivity contribution in [2.75, 3.05) is 16.8 Å². The minimum atomic E-state index is -0.192. The normalized spacial score (nSPS) is 10.2. The number of amides is 1. The molecule has 0 radical (unpaired) electrons. The molecule has 10 heteroatoms. The van der Waals surface area contributed by atoms with E-state index in [1.54, 1.807) is 24.3 Å². The summed E-state index contributed by atoms with van der Waals surface area (Å²) in [5.41, 5.74) is 9.16. The fourth-order valence-electron chi connectivity index (χ4n) is 2.46. The molecule has 7 nitrogen and oxygen atoms in total. The van der Waals surface area contributed by atoms with Gasteiger partial charge in [0, 0.05) is 22.2 Å². The Morgan fingerprint density at radius 3 is 1.87 bits per heavy atom. The molecular weight excluding hydrogens is 443 g/mol. The maximum atomic E-state index is 11.1. The highest BCUT2D eigenvalue weighted by Crippen LogP contribution is 2.22. The molecule has 4 aromatic rings. The molecule has 2 aromatic heterocycles. The van der Waals surface area contributed by atoms with Gasteiger partial charge in [0.2, 0.25) is 5.91 Å². The second-order valence-electron chi connectivity index (χ2n) is 6.09. The first-order chi connectivity index (χ1) is 14.4. The largest absolute Gasteiger partial charge is 0.382 e. The summed E-state index contributed by atoms with van der Waals surface area (Å²) in [6.07, 6.45) is 0. The Hall–Kier alpha value is -2.94. The summed E-state index contributed by atoms with van der Waals surface area (Å²) in [6, 6.07) is 18.4. The van der Waals surface area contributed by atoms with Crippen LogP contribution in [0, 0.1) is 0 Å². The number of aromatic nitrogens is 4. The monoisotopic (exact) mass is 460 g/mol. The van der Waals surface area contributed by atoms with E-state index in [4.69, 9.17) is 28.9 Å². The number of nitrogens with zero attached hydrogens (tertiary/aromatic N) is 2. The average Bonchev–Trinajstić information content (AvgIpc) is 3.39. The molecule has 2 heterocycles. The van der Waals surface area contributed by atoms with Crippen LogP contribution in [0.25, 0.3) is 22.5 Å². The van der Waals surface area contributed by atoms with Crippen LogP contribution in [0.15, 0.2) is 60.7 Å². The van der Waals surface area contributed by atoms with Gasteiger partial charge in [-0.1, -0.05) is 47.5 Å². The maximum absolute atomic E-state index is 11.1. The molecular formula is C20H18Cl2N6OS. The third-order valence-electron chi connectivity index (χ3n) is 3.90. The van der Waals surface area contributed by atoms with Crippen molar-refractivity contribution in [3.05, 3.63) is 70.7 Å². The Labute approximate surface area is 188 Å². The van der Waals surface area contributed by atoms with E-state index in [1.807, 2.05) is 36.4 Å². The van der Waals surface area contributed by atoms with Gasteiger partial charge in [-0.05, 0) is 35.4 Å². The number of thiol groups is 1. The SMILES string of the molecule is Nc1cc(-c2ccc(Cl)cc2)[nH]n1.O=C(CS)Nc1cc(-c2ccc(Cl)cc2)[nH]n1. The van der Waals surface area contributed by atoms with Crippen molar-refractivity contribution < 1.29 is 4.79 Å². The van der Waals surface area contributed by atoms with Gasteiger partial charge in [0.25, 0.3) is 0 Å². The molecule has 0 atom stereocenters. The second kappa shape index (κ2) is 10.2. The highest BCUT2D eigenvalue weighted by Gasteiger charge is 2.06. The minimum absolute atomic E-state index is 0.128. The van der Waals surface area contributed by atoms with E-state index in [0.29, 0.717) is 16.7 Å². The van der Waals surface area contributed by atoms with Crippen LogP contribution in [0.4, 0.5) is 11.6 Å². The number of hydrogen-bond acceptors (Lipinski definition) is 5. The predicted molar refractivity (Wildman–Crippen MR) is 125 cm³/mol. The van der Waals surface area contributed by atoms with Gasteiger partial charge in [-0.3, -0.25) is 15.0 Å². The summed E-state index contributed by atoms with van der Waals surface area (Å²) >= 11 is 15.4. The summed E-state index contributed by atoms with van der Waals surface area (Å²) < 4.78 is 0. The summed E-state index contributed by atoms with van der Waals surface area (Å²) in [5.74, 6) is 0.907. The summed E-state index contributed by atoms with van der Waals surface area (Å²) in [6.45, 7) is 0. The van der Waals surface area contributed by atoms with Crippen molar-refractivity contribution in [3.8, 4) is 22.5 Å². The van der Waals surface area contributed by atoms with E-state index in [0.717, 1.165) is 27.5 Å². The summed E-state index contributed by atoms with van der Waals surface area (Å²) in [7, 11) is 0. The maximum Gasteiger partial charge on any atom is 0.235 e. The van der Waals surface area contributed by atoms with E-state index in [2.05, 4.69) is 38.3 Å². The van der Waals surface area contributed by atoms with Crippen LogP contribution in [-0.2, 0) is 4.79 Å².